The van der Waals surface area contributed by atoms with Gasteiger partial charge in [-0.2, -0.15) is 0 Å². The van der Waals surface area contributed by atoms with E-state index in [0.717, 1.165) is 17.7 Å². The highest BCUT2D eigenvalue weighted by molar-refractivity contribution is 7.13. The van der Waals surface area contributed by atoms with Crippen molar-refractivity contribution in [3.8, 4) is 16.3 Å². The Bertz CT molecular complexity index is 729. The highest BCUT2D eigenvalue weighted by Crippen LogP contribution is 2.26. The largest absolute Gasteiger partial charge is 0.494 e. The molecule has 26 heavy (non-hydrogen) atoms. The molecule has 0 aliphatic heterocycles. The van der Waals surface area contributed by atoms with E-state index in [2.05, 4.69) is 10.3 Å². The van der Waals surface area contributed by atoms with Gasteiger partial charge in [0.15, 0.2) is 0 Å². The SMILES string of the molecule is CCCOc1ccc(-c2nc(C(=O)NC(CCOC)C(=O)O)cs2)cc1. The highest BCUT2D eigenvalue weighted by atomic mass is 32.1. The number of nitrogens with one attached hydrogen (secondary N) is 1. The molecule has 0 bridgehead atoms. The molecule has 140 valence electrons. The van der Waals surface area contributed by atoms with Gasteiger partial charge in [0.25, 0.3) is 5.91 Å². The molecule has 0 aliphatic rings. The molecule has 0 fully saturated rings. The summed E-state index contributed by atoms with van der Waals surface area (Å²) in [6.45, 7) is 2.95. The molecule has 2 aromatic rings. The maximum absolute atomic E-state index is 12.2. The number of aromatic nitrogens is 1. The maximum Gasteiger partial charge on any atom is 0.326 e. The van der Waals surface area contributed by atoms with Crippen LogP contribution in [0, 0.1) is 0 Å². The zero-order chi connectivity index (χ0) is 18.9. The second-order valence-corrected chi connectivity index (χ2v) is 6.41. The topological polar surface area (TPSA) is 97.8 Å². The van der Waals surface area contributed by atoms with Crippen molar-refractivity contribution in [1.82, 2.24) is 10.3 Å². The normalized spacial score (nSPS) is 11.8. The minimum Gasteiger partial charge on any atom is -0.494 e. The fourth-order valence-electron chi connectivity index (χ4n) is 2.15. The fourth-order valence-corrected chi connectivity index (χ4v) is 2.96. The second-order valence-electron chi connectivity index (χ2n) is 5.56. The molecule has 2 N–H and O–H groups in total. The molecule has 1 atom stereocenters. The van der Waals surface area contributed by atoms with Crippen molar-refractivity contribution in [1.29, 1.82) is 0 Å². The summed E-state index contributed by atoms with van der Waals surface area (Å²) >= 11 is 1.32. The lowest BCUT2D eigenvalue weighted by atomic mass is 10.2. The number of carbonyl (C=O) groups excluding carboxylic acids is 1. The van der Waals surface area contributed by atoms with Crippen molar-refractivity contribution in [2.75, 3.05) is 20.3 Å². The molecule has 2 rings (SSSR count). The summed E-state index contributed by atoms with van der Waals surface area (Å²) in [5.41, 5.74) is 1.06. The molecule has 1 amide bonds. The number of carbonyl (C=O) groups is 2. The highest BCUT2D eigenvalue weighted by Gasteiger charge is 2.22. The third kappa shape index (κ3) is 5.53. The Kier molecular flexibility index (Phi) is 7.55. The van der Waals surface area contributed by atoms with Gasteiger partial charge in [-0.05, 0) is 30.7 Å². The summed E-state index contributed by atoms with van der Waals surface area (Å²) in [6.07, 6.45) is 1.13. The van der Waals surface area contributed by atoms with Crippen LogP contribution in [0.4, 0.5) is 0 Å². The van der Waals surface area contributed by atoms with Crippen molar-refractivity contribution in [2.45, 2.75) is 25.8 Å². The molecule has 1 aromatic carbocycles. The number of hydrogen-bond donors (Lipinski definition) is 2. The van der Waals surface area contributed by atoms with Gasteiger partial charge in [-0.1, -0.05) is 6.92 Å². The summed E-state index contributed by atoms with van der Waals surface area (Å²) < 4.78 is 10.4. The number of nitrogens with zero attached hydrogens (tertiary/aromatic N) is 1. The van der Waals surface area contributed by atoms with E-state index < -0.39 is 17.9 Å². The standard InChI is InChI=1S/C18H22N2O5S/c1-3-9-25-13-6-4-12(5-7-13)17-20-15(11-26-17)16(21)19-14(18(22)23)8-10-24-2/h4-7,11,14H,3,8-10H2,1-2H3,(H,19,21)(H,22,23). The van der Waals surface area contributed by atoms with Gasteiger partial charge in [-0.3, -0.25) is 4.79 Å². The summed E-state index contributed by atoms with van der Waals surface area (Å²) in [5.74, 6) is -0.833. The van der Waals surface area contributed by atoms with E-state index >= 15 is 0 Å². The molecule has 8 heteroatoms. The van der Waals surface area contributed by atoms with E-state index in [-0.39, 0.29) is 18.7 Å². The number of aliphatic carboxylic acids is 1. The van der Waals surface area contributed by atoms with E-state index in [1.54, 1.807) is 5.38 Å². The van der Waals surface area contributed by atoms with Gasteiger partial charge in [0.1, 0.15) is 22.5 Å². The number of thiazole rings is 1. The van der Waals surface area contributed by atoms with Crippen LogP contribution in [0.3, 0.4) is 0 Å². The third-order valence-electron chi connectivity index (χ3n) is 3.53. The predicted molar refractivity (Wildman–Crippen MR) is 98.7 cm³/mol. The number of carboxylic acids is 1. The van der Waals surface area contributed by atoms with Crippen molar-refractivity contribution < 1.29 is 24.2 Å². The Morgan fingerprint density at radius 2 is 2.00 bits per heavy atom. The van der Waals surface area contributed by atoms with E-state index in [0.29, 0.717) is 11.6 Å². The van der Waals surface area contributed by atoms with Gasteiger partial charge >= 0.3 is 5.97 Å². The first-order valence-electron chi connectivity index (χ1n) is 8.26. The van der Waals surface area contributed by atoms with Crippen LogP contribution in [0.5, 0.6) is 5.75 Å². The van der Waals surface area contributed by atoms with Gasteiger partial charge in [-0.25, -0.2) is 9.78 Å². The quantitative estimate of drug-likeness (QED) is 0.660. The van der Waals surface area contributed by atoms with Crippen LogP contribution in [0.15, 0.2) is 29.6 Å². The summed E-state index contributed by atoms with van der Waals surface area (Å²) in [4.78, 5) is 27.8. The zero-order valence-corrected chi connectivity index (χ0v) is 15.5. The van der Waals surface area contributed by atoms with Crippen LogP contribution in [-0.2, 0) is 9.53 Å². The number of ether oxygens (including phenoxy) is 2. The number of rotatable bonds is 10. The summed E-state index contributed by atoms with van der Waals surface area (Å²) in [7, 11) is 1.48. The minimum absolute atomic E-state index is 0.188. The average molecular weight is 378 g/mol. The molecular weight excluding hydrogens is 356 g/mol. The molecule has 0 saturated carbocycles. The van der Waals surface area contributed by atoms with Gasteiger partial charge in [0, 0.05) is 31.1 Å². The van der Waals surface area contributed by atoms with Crippen LogP contribution < -0.4 is 10.1 Å². The Morgan fingerprint density at radius 3 is 2.62 bits per heavy atom. The molecule has 0 aliphatic carbocycles. The molecule has 7 nitrogen and oxygen atoms in total. The Balaban J connectivity index is 2.03. The molecule has 1 heterocycles. The zero-order valence-electron chi connectivity index (χ0n) is 14.7. The first-order valence-corrected chi connectivity index (χ1v) is 9.14. The van der Waals surface area contributed by atoms with E-state index in [4.69, 9.17) is 14.6 Å². The Hall–Kier alpha value is -2.45. The fraction of sp³-hybridized carbons (Fsp3) is 0.389. The van der Waals surface area contributed by atoms with E-state index in [1.807, 2.05) is 31.2 Å². The van der Waals surface area contributed by atoms with Crippen LogP contribution in [0.1, 0.15) is 30.3 Å². The molecular formula is C18H22N2O5S. The number of carboxylic acid groups (broad SMARTS) is 1. The smallest absolute Gasteiger partial charge is 0.326 e. The van der Waals surface area contributed by atoms with Gasteiger partial charge in [-0.15, -0.1) is 11.3 Å². The van der Waals surface area contributed by atoms with Crippen molar-refractivity contribution >= 4 is 23.2 Å². The number of methoxy groups -OCH3 is 1. The molecule has 0 spiro atoms. The lowest BCUT2D eigenvalue weighted by Crippen LogP contribution is -2.41. The lowest BCUT2D eigenvalue weighted by molar-refractivity contribution is -0.139. The van der Waals surface area contributed by atoms with E-state index in [1.165, 1.54) is 18.4 Å². The monoisotopic (exact) mass is 378 g/mol. The van der Waals surface area contributed by atoms with Gasteiger partial charge in [0.05, 0.1) is 6.61 Å². The molecule has 0 radical (unpaired) electrons. The minimum atomic E-state index is -1.10. The Morgan fingerprint density at radius 1 is 1.27 bits per heavy atom. The van der Waals surface area contributed by atoms with Crippen LogP contribution in [-0.4, -0.2) is 48.3 Å². The third-order valence-corrected chi connectivity index (χ3v) is 4.42. The van der Waals surface area contributed by atoms with Crippen molar-refractivity contribution in [2.24, 2.45) is 0 Å². The average Bonchev–Trinajstić information content (AvgIpc) is 3.13. The van der Waals surface area contributed by atoms with Crippen molar-refractivity contribution in [3.05, 3.63) is 35.3 Å². The van der Waals surface area contributed by atoms with Crippen LogP contribution >= 0.6 is 11.3 Å². The summed E-state index contributed by atoms with van der Waals surface area (Å²) in [5, 5.41) is 13.9. The lowest BCUT2D eigenvalue weighted by Gasteiger charge is -2.12. The van der Waals surface area contributed by atoms with Crippen LogP contribution in [0.2, 0.25) is 0 Å². The predicted octanol–water partition coefficient (Wildman–Crippen LogP) is 2.82. The first kappa shape index (κ1) is 19.9. The second kappa shape index (κ2) is 9.88. The van der Waals surface area contributed by atoms with E-state index in [9.17, 15) is 9.59 Å². The van der Waals surface area contributed by atoms with Gasteiger partial charge in [0.2, 0.25) is 0 Å². The number of benzene rings is 1. The number of hydrogen-bond acceptors (Lipinski definition) is 6. The molecule has 1 aromatic heterocycles. The molecule has 0 saturated heterocycles. The summed E-state index contributed by atoms with van der Waals surface area (Å²) in [6, 6.07) is 6.46. The first-order chi connectivity index (χ1) is 12.5. The van der Waals surface area contributed by atoms with Crippen LogP contribution in [0.25, 0.3) is 10.6 Å². The van der Waals surface area contributed by atoms with Crippen molar-refractivity contribution in [3.63, 3.8) is 0 Å². The van der Waals surface area contributed by atoms with Gasteiger partial charge < -0.3 is 19.9 Å². The number of amides is 1. The molecule has 1 unspecified atom stereocenters. The maximum atomic E-state index is 12.2. The Labute approximate surface area is 156 Å².